The van der Waals surface area contributed by atoms with Gasteiger partial charge in [0.1, 0.15) is 18.6 Å². The minimum atomic E-state index is -0.226. The Bertz CT molecular complexity index is 488. The van der Waals surface area contributed by atoms with Gasteiger partial charge in [0, 0.05) is 12.3 Å². The molecule has 0 aliphatic rings. The highest BCUT2D eigenvalue weighted by atomic mass is 16.5. The molecule has 6 heteroatoms. The molecule has 2 aromatic rings. The second kappa shape index (κ2) is 3.33. The molecule has 0 atom stereocenters. The maximum absolute atomic E-state index is 11.1. The zero-order valence-corrected chi connectivity index (χ0v) is 7.25. The SMILES string of the molecule is Nc1ccnc(Cn2occc2=O)n1. The minimum absolute atomic E-state index is 0.191. The number of anilines is 1. The summed E-state index contributed by atoms with van der Waals surface area (Å²) in [5, 5.41) is 0. The van der Waals surface area contributed by atoms with E-state index >= 15 is 0 Å². The molecule has 2 aromatic heterocycles. The Labute approximate surface area is 79.0 Å². The standard InChI is InChI=1S/C8H8N4O2/c9-6-1-3-10-7(11-6)5-12-8(13)2-4-14-12/h1-4H,5H2,(H2,9,10,11). The lowest BCUT2D eigenvalue weighted by Crippen LogP contribution is -2.16. The summed E-state index contributed by atoms with van der Waals surface area (Å²) in [5.74, 6) is 0.816. The van der Waals surface area contributed by atoms with Gasteiger partial charge in [-0.1, -0.05) is 0 Å². The first kappa shape index (κ1) is 8.49. The number of nitrogens with two attached hydrogens (primary N) is 1. The fourth-order valence-corrected chi connectivity index (χ4v) is 1.03. The van der Waals surface area contributed by atoms with Crippen LogP contribution in [0, 0.1) is 0 Å². The third-order valence-electron chi connectivity index (χ3n) is 1.66. The van der Waals surface area contributed by atoms with Crippen molar-refractivity contribution in [1.82, 2.24) is 14.7 Å². The van der Waals surface area contributed by atoms with Crippen molar-refractivity contribution in [2.24, 2.45) is 0 Å². The second-order valence-corrected chi connectivity index (χ2v) is 2.68. The first-order valence-electron chi connectivity index (χ1n) is 3.98. The molecule has 2 heterocycles. The molecule has 0 saturated heterocycles. The number of rotatable bonds is 2. The van der Waals surface area contributed by atoms with E-state index < -0.39 is 0 Å². The van der Waals surface area contributed by atoms with Gasteiger partial charge >= 0.3 is 0 Å². The normalized spacial score (nSPS) is 10.3. The van der Waals surface area contributed by atoms with Gasteiger partial charge in [0.25, 0.3) is 5.56 Å². The van der Waals surface area contributed by atoms with Crippen molar-refractivity contribution in [3.63, 3.8) is 0 Å². The third kappa shape index (κ3) is 1.63. The summed E-state index contributed by atoms with van der Waals surface area (Å²) in [7, 11) is 0. The number of nitrogen functional groups attached to an aromatic ring is 1. The third-order valence-corrected chi connectivity index (χ3v) is 1.66. The molecule has 0 fully saturated rings. The zero-order valence-electron chi connectivity index (χ0n) is 7.25. The topological polar surface area (TPSA) is 86.9 Å². The Kier molecular flexibility index (Phi) is 2.02. The molecule has 0 amide bonds. The molecular formula is C8H8N4O2. The largest absolute Gasteiger partial charge is 0.384 e. The molecule has 0 bridgehead atoms. The Morgan fingerprint density at radius 3 is 3.00 bits per heavy atom. The second-order valence-electron chi connectivity index (χ2n) is 2.68. The van der Waals surface area contributed by atoms with Gasteiger partial charge in [-0.2, -0.15) is 4.74 Å². The first-order chi connectivity index (χ1) is 6.75. The molecule has 2 rings (SSSR count). The lowest BCUT2D eigenvalue weighted by molar-refractivity contribution is 0.273. The molecule has 14 heavy (non-hydrogen) atoms. The van der Waals surface area contributed by atoms with E-state index in [9.17, 15) is 4.79 Å². The number of aromatic nitrogens is 3. The van der Waals surface area contributed by atoms with Crippen molar-refractivity contribution in [3.8, 4) is 0 Å². The summed E-state index contributed by atoms with van der Waals surface area (Å²) in [6, 6.07) is 2.90. The van der Waals surface area contributed by atoms with Crippen molar-refractivity contribution in [1.29, 1.82) is 0 Å². The zero-order chi connectivity index (χ0) is 9.97. The average molecular weight is 192 g/mol. The molecule has 6 nitrogen and oxygen atoms in total. The smallest absolute Gasteiger partial charge is 0.282 e. The fourth-order valence-electron chi connectivity index (χ4n) is 1.03. The van der Waals surface area contributed by atoms with Gasteiger partial charge in [0.05, 0.1) is 0 Å². The quantitative estimate of drug-likeness (QED) is 0.715. The molecule has 0 unspecified atom stereocenters. The maximum atomic E-state index is 11.1. The Morgan fingerprint density at radius 1 is 1.50 bits per heavy atom. The molecule has 0 aliphatic carbocycles. The van der Waals surface area contributed by atoms with E-state index in [1.165, 1.54) is 18.5 Å². The van der Waals surface area contributed by atoms with Gasteiger partial charge in [0.15, 0.2) is 5.82 Å². The van der Waals surface area contributed by atoms with Crippen LogP contribution >= 0.6 is 0 Å². The summed E-state index contributed by atoms with van der Waals surface area (Å²) >= 11 is 0. The van der Waals surface area contributed by atoms with Gasteiger partial charge in [-0.05, 0) is 6.07 Å². The Hall–Kier alpha value is -2.11. The van der Waals surface area contributed by atoms with E-state index in [1.807, 2.05) is 0 Å². The fraction of sp³-hybridized carbons (Fsp3) is 0.125. The van der Waals surface area contributed by atoms with Crippen LogP contribution in [0.1, 0.15) is 5.82 Å². The van der Waals surface area contributed by atoms with Crippen LogP contribution in [-0.4, -0.2) is 14.7 Å². The summed E-state index contributed by atoms with van der Waals surface area (Å²) in [4.78, 5) is 19.0. The Balaban J connectivity index is 2.27. The number of hydrogen-bond acceptors (Lipinski definition) is 5. The van der Waals surface area contributed by atoms with Gasteiger partial charge in [-0.25, -0.2) is 9.97 Å². The van der Waals surface area contributed by atoms with Crippen LogP contribution in [0.3, 0.4) is 0 Å². The summed E-state index contributed by atoms with van der Waals surface area (Å²) in [6.45, 7) is 0.191. The molecule has 0 aliphatic heterocycles. The lowest BCUT2D eigenvalue weighted by Gasteiger charge is -1.99. The molecule has 0 aromatic carbocycles. The lowest BCUT2D eigenvalue weighted by atomic mass is 10.5. The summed E-state index contributed by atoms with van der Waals surface area (Å²) in [5.41, 5.74) is 5.23. The van der Waals surface area contributed by atoms with Crippen LogP contribution < -0.4 is 11.3 Å². The van der Waals surface area contributed by atoms with Gasteiger partial charge in [0.2, 0.25) is 0 Å². The highest BCUT2D eigenvalue weighted by Gasteiger charge is 2.02. The average Bonchev–Trinajstić information content (AvgIpc) is 2.52. The number of hydrogen-bond donors (Lipinski definition) is 1. The van der Waals surface area contributed by atoms with Crippen molar-refractivity contribution in [2.75, 3.05) is 5.73 Å². The summed E-state index contributed by atoms with van der Waals surface area (Å²) < 4.78 is 6.04. The van der Waals surface area contributed by atoms with Crippen LogP contribution in [0.2, 0.25) is 0 Å². The van der Waals surface area contributed by atoms with E-state index in [2.05, 4.69) is 9.97 Å². The van der Waals surface area contributed by atoms with E-state index in [0.29, 0.717) is 11.6 Å². The van der Waals surface area contributed by atoms with Crippen molar-refractivity contribution in [3.05, 3.63) is 40.8 Å². The van der Waals surface area contributed by atoms with Crippen LogP contribution in [0.15, 0.2) is 33.9 Å². The summed E-state index contributed by atoms with van der Waals surface area (Å²) in [6.07, 6.45) is 2.85. The molecule has 2 N–H and O–H groups in total. The van der Waals surface area contributed by atoms with Crippen molar-refractivity contribution in [2.45, 2.75) is 6.54 Å². The molecule has 0 radical (unpaired) electrons. The van der Waals surface area contributed by atoms with Crippen LogP contribution in [0.4, 0.5) is 5.82 Å². The predicted octanol–water partition coefficient (Wildman–Crippen LogP) is -0.138. The van der Waals surface area contributed by atoms with Crippen molar-refractivity contribution >= 4 is 5.82 Å². The van der Waals surface area contributed by atoms with E-state index in [4.69, 9.17) is 10.3 Å². The van der Waals surface area contributed by atoms with Gasteiger partial charge in [-0.3, -0.25) is 4.79 Å². The monoisotopic (exact) mass is 192 g/mol. The highest BCUT2D eigenvalue weighted by molar-refractivity contribution is 5.24. The highest BCUT2D eigenvalue weighted by Crippen LogP contribution is 1.97. The maximum Gasteiger partial charge on any atom is 0.282 e. The van der Waals surface area contributed by atoms with E-state index in [-0.39, 0.29) is 12.1 Å². The molecule has 0 spiro atoms. The van der Waals surface area contributed by atoms with E-state index in [0.717, 1.165) is 4.74 Å². The van der Waals surface area contributed by atoms with Gasteiger partial charge in [-0.15, -0.1) is 0 Å². The Morgan fingerprint density at radius 2 is 2.36 bits per heavy atom. The van der Waals surface area contributed by atoms with Gasteiger partial charge < -0.3 is 10.3 Å². The van der Waals surface area contributed by atoms with E-state index in [1.54, 1.807) is 6.07 Å². The molecule has 0 saturated carbocycles. The minimum Gasteiger partial charge on any atom is -0.384 e. The number of nitrogens with zero attached hydrogens (tertiary/aromatic N) is 3. The van der Waals surface area contributed by atoms with Crippen LogP contribution in [0.5, 0.6) is 0 Å². The van der Waals surface area contributed by atoms with Crippen LogP contribution in [0.25, 0.3) is 0 Å². The van der Waals surface area contributed by atoms with Crippen molar-refractivity contribution < 1.29 is 4.52 Å². The molecular weight excluding hydrogens is 184 g/mol. The molecule has 72 valence electrons. The van der Waals surface area contributed by atoms with Crippen LogP contribution in [-0.2, 0) is 6.54 Å². The predicted molar refractivity (Wildman–Crippen MR) is 48.5 cm³/mol. The first-order valence-corrected chi connectivity index (χ1v) is 3.98.